The van der Waals surface area contributed by atoms with Gasteiger partial charge in [0.15, 0.2) is 0 Å². The summed E-state index contributed by atoms with van der Waals surface area (Å²) in [6, 6.07) is -0.313. The van der Waals surface area contributed by atoms with E-state index in [0.29, 0.717) is 12.3 Å². The van der Waals surface area contributed by atoms with Gasteiger partial charge < -0.3 is 10.1 Å². The zero-order valence-electron chi connectivity index (χ0n) is 7.26. The lowest BCUT2D eigenvalue weighted by Crippen LogP contribution is -2.35. The lowest BCUT2D eigenvalue weighted by Gasteiger charge is -2.12. The molecule has 0 aliphatic heterocycles. The summed E-state index contributed by atoms with van der Waals surface area (Å²) in [7, 11) is 0. The SMILES string of the molecule is CC(=O)NC(C=O)CC(C)C. The molecule has 0 radical (unpaired) electrons. The summed E-state index contributed by atoms with van der Waals surface area (Å²) in [5.74, 6) is 0.278. The number of hydrogen-bond donors (Lipinski definition) is 1. The Hall–Kier alpha value is -0.860. The molecule has 0 fully saturated rings. The molecule has 64 valence electrons. The van der Waals surface area contributed by atoms with Crippen molar-refractivity contribution in [3.8, 4) is 0 Å². The highest BCUT2D eigenvalue weighted by molar-refractivity contribution is 5.77. The summed E-state index contributed by atoms with van der Waals surface area (Å²) in [4.78, 5) is 20.9. The van der Waals surface area contributed by atoms with Gasteiger partial charge in [-0.25, -0.2) is 0 Å². The lowest BCUT2D eigenvalue weighted by atomic mass is 10.1. The molecule has 0 rings (SSSR count). The van der Waals surface area contributed by atoms with Crippen LogP contribution in [0.5, 0.6) is 0 Å². The van der Waals surface area contributed by atoms with Gasteiger partial charge in [-0.3, -0.25) is 4.79 Å². The van der Waals surface area contributed by atoms with Crippen LogP contribution >= 0.6 is 0 Å². The normalized spacial score (nSPS) is 12.7. The van der Waals surface area contributed by atoms with Gasteiger partial charge in [-0.1, -0.05) is 13.8 Å². The van der Waals surface area contributed by atoms with Gasteiger partial charge in [0.1, 0.15) is 6.29 Å². The minimum absolute atomic E-state index is 0.150. The first kappa shape index (κ1) is 10.1. The second-order valence-electron chi connectivity index (χ2n) is 3.07. The van der Waals surface area contributed by atoms with Gasteiger partial charge in [-0.15, -0.1) is 0 Å². The van der Waals surface area contributed by atoms with Gasteiger partial charge in [0.25, 0.3) is 0 Å². The molecule has 1 amide bonds. The van der Waals surface area contributed by atoms with E-state index in [4.69, 9.17) is 0 Å². The molecule has 0 heterocycles. The summed E-state index contributed by atoms with van der Waals surface area (Å²) < 4.78 is 0. The zero-order valence-corrected chi connectivity index (χ0v) is 7.26. The summed E-state index contributed by atoms with van der Waals surface area (Å²) in [6.07, 6.45) is 1.49. The monoisotopic (exact) mass is 157 g/mol. The highest BCUT2D eigenvalue weighted by Crippen LogP contribution is 2.02. The number of aldehydes is 1. The molecule has 1 unspecified atom stereocenters. The third-order valence-corrected chi connectivity index (χ3v) is 1.28. The van der Waals surface area contributed by atoms with Crippen molar-refractivity contribution in [1.29, 1.82) is 0 Å². The molecule has 0 aromatic rings. The van der Waals surface area contributed by atoms with Crippen molar-refractivity contribution in [3.05, 3.63) is 0 Å². The third kappa shape index (κ3) is 5.58. The van der Waals surface area contributed by atoms with Crippen LogP contribution in [0.2, 0.25) is 0 Å². The van der Waals surface area contributed by atoms with Crippen molar-refractivity contribution in [2.75, 3.05) is 0 Å². The van der Waals surface area contributed by atoms with E-state index in [0.717, 1.165) is 6.29 Å². The van der Waals surface area contributed by atoms with E-state index in [2.05, 4.69) is 5.32 Å². The molecule has 1 atom stereocenters. The molecular weight excluding hydrogens is 142 g/mol. The molecule has 0 spiro atoms. The minimum Gasteiger partial charge on any atom is -0.347 e. The third-order valence-electron chi connectivity index (χ3n) is 1.28. The van der Waals surface area contributed by atoms with Crippen LogP contribution in [0.15, 0.2) is 0 Å². The second-order valence-corrected chi connectivity index (χ2v) is 3.07. The first-order valence-corrected chi connectivity index (χ1v) is 3.78. The van der Waals surface area contributed by atoms with E-state index in [1.807, 2.05) is 13.8 Å². The van der Waals surface area contributed by atoms with Crippen LogP contribution in [0.3, 0.4) is 0 Å². The van der Waals surface area contributed by atoms with E-state index >= 15 is 0 Å². The summed E-state index contributed by atoms with van der Waals surface area (Å²) >= 11 is 0. The van der Waals surface area contributed by atoms with Crippen LogP contribution in [-0.4, -0.2) is 18.2 Å². The largest absolute Gasteiger partial charge is 0.347 e. The molecule has 0 bridgehead atoms. The lowest BCUT2D eigenvalue weighted by molar-refractivity contribution is -0.122. The van der Waals surface area contributed by atoms with Crippen molar-refractivity contribution < 1.29 is 9.59 Å². The van der Waals surface area contributed by atoms with E-state index in [-0.39, 0.29) is 11.9 Å². The fourth-order valence-electron chi connectivity index (χ4n) is 0.917. The first-order valence-electron chi connectivity index (χ1n) is 3.78. The van der Waals surface area contributed by atoms with E-state index in [1.54, 1.807) is 0 Å². The molecule has 11 heavy (non-hydrogen) atoms. The highest BCUT2D eigenvalue weighted by atomic mass is 16.2. The number of hydrogen-bond acceptors (Lipinski definition) is 2. The topological polar surface area (TPSA) is 46.2 Å². The molecule has 1 N–H and O–H groups in total. The Bertz CT molecular complexity index is 143. The Balaban J connectivity index is 3.76. The fraction of sp³-hybridized carbons (Fsp3) is 0.750. The van der Waals surface area contributed by atoms with Crippen molar-refractivity contribution in [2.24, 2.45) is 5.92 Å². The van der Waals surface area contributed by atoms with Gasteiger partial charge in [-0.2, -0.15) is 0 Å². The Morgan fingerprint density at radius 2 is 2.09 bits per heavy atom. The molecule has 0 aromatic carbocycles. The van der Waals surface area contributed by atoms with Crippen LogP contribution in [0, 0.1) is 5.92 Å². The maximum atomic E-state index is 10.5. The molecule has 3 heteroatoms. The standard InChI is InChI=1S/C8H15NO2/c1-6(2)4-8(5-10)9-7(3)11/h5-6,8H,4H2,1-3H3,(H,9,11). The molecule has 0 aliphatic rings. The number of carbonyl (C=O) groups excluding carboxylic acids is 2. The van der Waals surface area contributed by atoms with Gasteiger partial charge in [-0.05, 0) is 12.3 Å². The van der Waals surface area contributed by atoms with Crippen LogP contribution < -0.4 is 5.32 Å². The van der Waals surface area contributed by atoms with E-state index in [9.17, 15) is 9.59 Å². The molecule has 0 aromatic heterocycles. The number of amides is 1. The highest BCUT2D eigenvalue weighted by Gasteiger charge is 2.09. The predicted molar refractivity (Wildman–Crippen MR) is 43.1 cm³/mol. The number of rotatable bonds is 4. The smallest absolute Gasteiger partial charge is 0.217 e. The Labute approximate surface area is 67.2 Å². The molecule has 0 saturated heterocycles. The Morgan fingerprint density at radius 1 is 1.55 bits per heavy atom. The fourth-order valence-corrected chi connectivity index (χ4v) is 0.917. The van der Waals surface area contributed by atoms with Gasteiger partial charge in [0.2, 0.25) is 5.91 Å². The summed E-state index contributed by atoms with van der Waals surface area (Å²) in [5.41, 5.74) is 0. The quantitative estimate of drug-likeness (QED) is 0.612. The molecular formula is C8H15NO2. The Morgan fingerprint density at radius 3 is 2.36 bits per heavy atom. The van der Waals surface area contributed by atoms with Crippen molar-refractivity contribution in [1.82, 2.24) is 5.32 Å². The number of carbonyl (C=O) groups is 2. The predicted octanol–water partition coefficient (Wildman–Crippen LogP) is 0.736. The maximum absolute atomic E-state index is 10.5. The van der Waals surface area contributed by atoms with Crippen LogP contribution in [0.25, 0.3) is 0 Å². The second kappa shape index (κ2) is 4.88. The van der Waals surface area contributed by atoms with Crippen molar-refractivity contribution in [2.45, 2.75) is 33.2 Å². The van der Waals surface area contributed by atoms with Crippen molar-refractivity contribution >= 4 is 12.2 Å². The first-order chi connectivity index (χ1) is 5.06. The van der Waals surface area contributed by atoms with Crippen molar-refractivity contribution in [3.63, 3.8) is 0 Å². The van der Waals surface area contributed by atoms with E-state index < -0.39 is 0 Å². The van der Waals surface area contributed by atoms with Gasteiger partial charge in [0, 0.05) is 6.92 Å². The van der Waals surface area contributed by atoms with Crippen LogP contribution in [-0.2, 0) is 9.59 Å². The molecule has 0 aliphatic carbocycles. The van der Waals surface area contributed by atoms with Gasteiger partial charge >= 0.3 is 0 Å². The summed E-state index contributed by atoms with van der Waals surface area (Å²) in [5, 5.41) is 2.55. The molecule has 3 nitrogen and oxygen atoms in total. The zero-order chi connectivity index (χ0) is 8.85. The van der Waals surface area contributed by atoms with Gasteiger partial charge in [0.05, 0.1) is 6.04 Å². The molecule has 0 saturated carbocycles. The van der Waals surface area contributed by atoms with E-state index in [1.165, 1.54) is 6.92 Å². The minimum atomic E-state index is -0.313. The average molecular weight is 157 g/mol. The van der Waals surface area contributed by atoms with Crippen LogP contribution in [0.1, 0.15) is 27.2 Å². The number of nitrogens with one attached hydrogen (secondary N) is 1. The maximum Gasteiger partial charge on any atom is 0.217 e. The average Bonchev–Trinajstić information content (AvgIpc) is 1.84. The van der Waals surface area contributed by atoms with Crippen LogP contribution in [0.4, 0.5) is 0 Å². The Kier molecular flexibility index (Phi) is 4.50. The summed E-state index contributed by atoms with van der Waals surface area (Å²) in [6.45, 7) is 5.44.